The number of sulfonamides is 1. The third-order valence-corrected chi connectivity index (χ3v) is 5.64. The molecular weight excluding hydrogens is 326 g/mol. The van der Waals surface area contributed by atoms with Crippen molar-refractivity contribution >= 4 is 15.7 Å². The van der Waals surface area contributed by atoms with Crippen LogP contribution in [0.1, 0.15) is 6.42 Å². The predicted octanol–water partition coefficient (Wildman–Crippen LogP) is 1.59. The van der Waals surface area contributed by atoms with Crippen molar-refractivity contribution in [1.82, 2.24) is 14.3 Å². The van der Waals surface area contributed by atoms with Crippen LogP contribution in [0.5, 0.6) is 0 Å². The average molecular weight is 342 g/mol. The molecule has 1 aromatic heterocycles. The first-order valence-electron chi connectivity index (χ1n) is 7.17. The number of rotatable bonds is 3. The molecule has 6 nitrogen and oxygen atoms in total. The number of nitrogens with zero attached hydrogens (tertiary/aromatic N) is 3. The van der Waals surface area contributed by atoms with Gasteiger partial charge in [-0.3, -0.25) is 0 Å². The minimum atomic E-state index is -3.61. The highest BCUT2D eigenvalue weighted by atomic mass is 32.2. The van der Waals surface area contributed by atoms with E-state index in [0.29, 0.717) is 31.7 Å². The van der Waals surface area contributed by atoms with Crippen LogP contribution in [0.25, 0.3) is 0 Å². The zero-order valence-electron chi connectivity index (χ0n) is 12.2. The Morgan fingerprint density at radius 3 is 2.61 bits per heavy atom. The van der Waals surface area contributed by atoms with Gasteiger partial charge in [-0.2, -0.15) is 4.31 Å². The summed E-state index contributed by atoms with van der Waals surface area (Å²) in [5.74, 6) is -1.80. The van der Waals surface area contributed by atoms with E-state index in [1.807, 2.05) is 4.90 Å². The van der Waals surface area contributed by atoms with E-state index in [4.69, 9.17) is 0 Å². The molecule has 1 aliphatic heterocycles. The second-order valence-corrected chi connectivity index (χ2v) is 7.17. The number of H-pyrrole nitrogens is 1. The largest absolute Gasteiger partial charge is 0.370 e. The smallest absolute Gasteiger partial charge is 0.260 e. The molecule has 9 heteroatoms. The molecule has 23 heavy (non-hydrogen) atoms. The monoisotopic (exact) mass is 342 g/mol. The van der Waals surface area contributed by atoms with E-state index in [1.165, 1.54) is 22.9 Å². The number of aromatic nitrogens is 2. The Labute approximate surface area is 132 Å². The van der Waals surface area contributed by atoms with Gasteiger partial charge in [0.25, 0.3) is 10.0 Å². The van der Waals surface area contributed by atoms with E-state index in [0.717, 1.165) is 12.1 Å². The fourth-order valence-corrected chi connectivity index (χ4v) is 3.96. The summed E-state index contributed by atoms with van der Waals surface area (Å²) in [7, 11) is -3.61. The van der Waals surface area contributed by atoms with Gasteiger partial charge >= 0.3 is 0 Å². The number of benzene rings is 1. The number of imidazole rings is 1. The number of anilines is 1. The van der Waals surface area contributed by atoms with Gasteiger partial charge in [0.05, 0.1) is 12.5 Å². The van der Waals surface area contributed by atoms with Crippen LogP contribution in [0.4, 0.5) is 14.5 Å². The Hall–Kier alpha value is -2.00. The van der Waals surface area contributed by atoms with E-state index in [2.05, 4.69) is 9.97 Å². The Bertz CT molecular complexity index is 780. The Morgan fingerprint density at radius 1 is 1.09 bits per heavy atom. The minimum Gasteiger partial charge on any atom is -0.370 e. The molecule has 1 N–H and O–H groups in total. The normalized spacial score (nSPS) is 17.2. The Kier molecular flexibility index (Phi) is 4.31. The van der Waals surface area contributed by atoms with Crippen LogP contribution >= 0.6 is 0 Å². The van der Waals surface area contributed by atoms with Crippen LogP contribution in [0.2, 0.25) is 0 Å². The first kappa shape index (κ1) is 15.9. The molecule has 1 saturated heterocycles. The van der Waals surface area contributed by atoms with Crippen molar-refractivity contribution in [3.05, 3.63) is 42.4 Å². The van der Waals surface area contributed by atoms with Crippen molar-refractivity contribution < 1.29 is 17.2 Å². The Balaban J connectivity index is 1.76. The predicted molar refractivity (Wildman–Crippen MR) is 80.5 cm³/mol. The highest BCUT2D eigenvalue weighted by Gasteiger charge is 2.28. The third-order valence-electron chi connectivity index (χ3n) is 3.81. The molecule has 0 unspecified atom stereocenters. The second-order valence-electron chi connectivity index (χ2n) is 5.26. The summed E-state index contributed by atoms with van der Waals surface area (Å²) >= 11 is 0. The lowest BCUT2D eigenvalue weighted by Gasteiger charge is -2.23. The van der Waals surface area contributed by atoms with Crippen molar-refractivity contribution in [1.29, 1.82) is 0 Å². The third kappa shape index (κ3) is 3.20. The number of nitrogens with one attached hydrogen (secondary N) is 1. The molecule has 0 saturated carbocycles. The maximum atomic E-state index is 13.4. The molecule has 1 aliphatic rings. The summed E-state index contributed by atoms with van der Waals surface area (Å²) in [5, 5.41) is 0.0544. The first-order chi connectivity index (χ1) is 11.0. The molecule has 0 radical (unpaired) electrons. The molecule has 2 heterocycles. The van der Waals surface area contributed by atoms with E-state index >= 15 is 0 Å². The lowest BCUT2D eigenvalue weighted by Crippen LogP contribution is -2.35. The highest BCUT2D eigenvalue weighted by Crippen LogP contribution is 2.21. The van der Waals surface area contributed by atoms with Gasteiger partial charge in [0.1, 0.15) is 0 Å². The molecule has 0 amide bonds. The summed E-state index contributed by atoms with van der Waals surface area (Å²) < 4.78 is 52.7. The molecule has 1 fully saturated rings. The van der Waals surface area contributed by atoms with Crippen molar-refractivity contribution in [2.24, 2.45) is 0 Å². The maximum absolute atomic E-state index is 13.4. The SMILES string of the molecule is O=S(=O)(c1cnc[nH]1)N1CCCN(c2ccc(F)c(F)c2)CC1. The second kappa shape index (κ2) is 6.25. The van der Waals surface area contributed by atoms with Crippen LogP contribution in [0.15, 0.2) is 35.7 Å². The fraction of sp³-hybridized carbons (Fsp3) is 0.357. The van der Waals surface area contributed by atoms with Gasteiger partial charge in [0.15, 0.2) is 16.7 Å². The number of halogens is 2. The Morgan fingerprint density at radius 2 is 1.91 bits per heavy atom. The molecule has 3 rings (SSSR count). The topological polar surface area (TPSA) is 69.3 Å². The molecular formula is C14H16F2N4O2S. The van der Waals surface area contributed by atoms with Gasteiger partial charge in [-0.1, -0.05) is 0 Å². The molecule has 1 aromatic carbocycles. The number of hydrogen-bond donors (Lipinski definition) is 1. The molecule has 0 bridgehead atoms. The van der Waals surface area contributed by atoms with E-state index < -0.39 is 21.7 Å². The molecule has 0 atom stereocenters. The number of aromatic amines is 1. The standard InChI is InChI=1S/C14H16F2N4O2S/c15-12-3-2-11(8-13(12)16)19-4-1-5-20(7-6-19)23(21,22)14-9-17-10-18-14/h2-3,8-10H,1,4-7H2,(H,17,18). The summed E-state index contributed by atoms with van der Waals surface area (Å²) in [6, 6.07) is 3.71. The fourth-order valence-electron chi connectivity index (χ4n) is 2.60. The van der Waals surface area contributed by atoms with Crippen molar-refractivity contribution in [2.75, 3.05) is 31.1 Å². The van der Waals surface area contributed by atoms with Gasteiger partial charge in [-0.25, -0.2) is 22.2 Å². The van der Waals surface area contributed by atoms with Crippen LogP contribution in [0, 0.1) is 11.6 Å². The van der Waals surface area contributed by atoms with E-state index in [9.17, 15) is 17.2 Å². The van der Waals surface area contributed by atoms with Gasteiger partial charge in [0.2, 0.25) is 0 Å². The summed E-state index contributed by atoms with van der Waals surface area (Å²) in [4.78, 5) is 8.20. The first-order valence-corrected chi connectivity index (χ1v) is 8.61. The zero-order chi connectivity index (χ0) is 16.4. The van der Waals surface area contributed by atoms with Crippen LogP contribution in [0.3, 0.4) is 0 Å². The lowest BCUT2D eigenvalue weighted by molar-refractivity contribution is 0.431. The zero-order valence-corrected chi connectivity index (χ0v) is 13.1. The van der Waals surface area contributed by atoms with Crippen molar-refractivity contribution in [3.63, 3.8) is 0 Å². The summed E-state index contributed by atoms with van der Waals surface area (Å²) in [6.07, 6.45) is 3.18. The average Bonchev–Trinajstić information content (AvgIpc) is 2.95. The lowest BCUT2D eigenvalue weighted by atomic mass is 10.2. The highest BCUT2D eigenvalue weighted by molar-refractivity contribution is 7.89. The van der Waals surface area contributed by atoms with E-state index in [-0.39, 0.29) is 11.6 Å². The van der Waals surface area contributed by atoms with Crippen LogP contribution in [-0.4, -0.2) is 48.9 Å². The van der Waals surface area contributed by atoms with E-state index in [1.54, 1.807) is 0 Å². The van der Waals surface area contributed by atoms with Crippen LogP contribution < -0.4 is 4.90 Å². The molecule has 124 valence electrons. The number of hydrogen-bond acceptors (Lipinski definition) is 4. The van der Waals surface area contributed by atoms with Crippen molar-refractivity contribution in [3.8, 4) is 0 Å². The quantitative estimate of drug-likeness (QED) is 0.920. The molecule has 0 spiro atoms. The van der Waals surface area contributed by atoms with Gasteiger partial charge in [-0.15, -0.1) is 0 Å². The molecule has 0 aliphatic carbocycles. The van der Waals surface area contributed by atoms with Crippen LogP contribution in [-0.2, 0) is 10.0 Å². The van der Waals surface area contributed by atoms with Gasteiger partial charge in [-0.05, 0) is 18.6 Å². The minimum absolute atomic E-state index is 0.0544. The maximum Gasteiger partial charge on any atom is 0.260 e. The summed E-state index contributed by atoms with van der Waals surface area (Å²) in [6.45, 7) is 1.60. The summed E-state index contributed by atoms with van der Waals surface area (Å²) in [5.41, 5.74) is 0.546. The van der Waals surface area contributed by atoms with Gasteiger partial charge < -0.3 is 9.88 Å². The molecule has 2 aromatic rings. The van der Waals surface area contributed by atoms with Gasteiger partial charge in [0, 0.05) is 37.9 Å². The van der Waals surface area contributed by atoms with Crippen molar-refractivity contribution in [2.45, 2.75) is 11.4 Å².